The highest BCUT2D eigenvalue weighted by molar-refractivity contribution is 6.31. The van der Waals surface area contributed by atoms with Gasteiger partial charge in [-0.05, 0) is 42.8 Å². The normalized spacial score (nSPS) is 12.0. The first-order valence-electron chi connectivity index (χ1n) is 6.09. The monoisotopic (exact) mass is 313 g/mol. The summed E-state index contributed by atoms with van der Waals surface area (Å²) in [6.07, 6.45) is 0. The van der Waals surface area contributed by atoms with Crippen molar-refractivity contribution in [2.24, 2.45) is 0 Å². The summed E-state index contributed by atoms with van der Waals surface area (Å²) in [6.45, 7) is 1.58. The lowest BCUT2D eigenvalue weighted by atomic mass is 10.1. The molecule has 2 nitrogen and oxygen atoms in total. The van der Waals surface area contributed by atoms with Gasteiger partial charge >= 0.3 is 0 Å². The van der Waals surface area contributed by atoms with Gasteiger partial charge in [0.1, 0.15) is 5.82 Å². The number of nitrogens with one attached hydrogen (secondary N) is 1. The highest BCUT2D eigenvalue weighted by Crippen LogP contribution is 2.19. The minimum atomic E-state index is -1.01. The molecule has 0 unspecified atom stereocenters. The predicted octanol–water partition coefficient (Wildman–Crippen LogP) is 4.25. The molecule has 1 amide bonds. The van der Waals surface area contributed by atoms with Gasteiger partial charge in [-0.3, -0.25) is 4.79 Å². The lowest BCUT2D eigenvalue weighted by Gasteiger charge is -2.15. The smallest absolute Gasteiger partial charge is 0.254 e. The summed E-state index contributed by atoms with van der Waals surface area (Å²) in [7, 11) is 0. The van der Waals surface area contributed by atoms with E-state index in [1.165, 1.54) is 18.2 Å². The second kappa shape index (κ2) is 6.18. The Kier molecular flexibility index (Phi) is 4.53. The molecule has 0 bridgehead atoms. The number of carbonyl (C=O) groups excluding carboxylic acids is 1. The molecule has 0 heterocycles. The predicted molar refractivity (Wildman–Crippen MR) is 73.6 cm³/mol. The molecule has 1 atom stereocenters. The van der Waals surface area contributed by atoms with Gasteiger partial charge in [0.05, 0.1) is 11.6 Å². The molecular weight excluding hydrogens is 303 g/mol. The van der Waals surface area contributed by atoms with Crippen LogP contribution in [0.3, 0.4) is 0 Å². The quantitative estimate of drug-likeness (QED) is 0.902. The molecule has 2 aromatic rings. The molecule has 110 valence electrons. The third-order valence-corrected chi connectivity index (χ3v) is 3.20. The first-order valence-corrected chi connectivity index (χ1v) is 6.47. The molecule has 0 aliphatic heterocycles. The van der Waals surface area contributed by atoms with Crippen LogP contribution in [0, 0.1) is 17.5 Å². The van der Waals surface area contributed by atoms with Crippen molar-refractivity contribution in [3.63, 3.8) is 0 Å². The fourth-order valence-corrected chi connectivity index (χ4v) is 1.98. The average Bonchev–Trinajstić information content (AvgIpc) is 2.44. The average molecular weight is 314 g/mol. The zero-order valence-corrected chi connectivity index (χ0v) is 11.7. The molecule has 0 aliphatic rings. The number of carbonyl (C=O) groups is 1. The number of benzene rings is 2. The van der Waals surface area contributed by atoms with Crippen LogP contribution in [0.1, 0.15) is 28.9 Å². The third-order valence-electron chi connectivity index (χ3n) is 2.96. The van der Waals surface area contributed by atoms with Crippen molar-refractivity contribution in [3.05, 3.63) is 70.0 Å². The zero-order valence-electron chi connectivity index (χ0n) is 11.0. The van der Waals surface area contributed by atoms with Gasteiger partial charge in [0.2, 0.25) is 0 Å². The van der Waals surface area contributed by atoms with Gasteiger partial charge in [0.25, 0.3) is 5.91 Å². The fourth-order valence-electron chi connectivity index (χ4n) is 1.81. The van der Waals surface area contributed by atoms with Crippen LogP contribution < -0.4 is 5.32 Å². The maximum Gasteiger partial charge on any atom is 0.254 e. The number of rotatable bonds is 3. The van der Waals surface area contributed by atoms with E-state index in [1.54, 1.807) is 6.92 Å². The molecule has 0 radical (unpaired) electrons. The van der Waals surface area contributed by atoms with Gasteiger partial charge in [0.15, 0.2) is 11.6 Å². The van der Waals surface area contributed by atoms with Crippen molar-refractivity contribution in [1.82, 2.24) is 5.32 Å². The molecule has 0 aliphatic carbocycles. The van der Waals surface area contributed by atoms with Crippen molar-refractivity contribution >= 4 is 17.5 Å². The summed E-state index contributed by atoms with van der Waals surface area (Å²) in [6, 6.07) is 6.28. The lowest BCUT2D eigenvalue weighted by molar-refractivity contribution is 0.0935. The van der Waals surface area contributed by atoms with Gasteiger partial charge in [-0.25, -0.2) is 13.2 Å². The van der Waals surface area contributed by atoms with Crippen LogP contribution >= 0.6 is 11.6 Å². The summed E-state index contributed by atoms with van der Waals surface area (Å²) >= 11 is 5.71. The minimum absolute atomic E-state index is 0.211. The van der Waals surface area contributed by atoms with Crippen molar-refractivity contribution in [2.75, 3.05) is 0 Å². The number of halogens is 4. The second-order valence-electron chi connectivity index (χ2n) is 4.49. The molecule has 0 saturated heterocycles. The summed E-state index contributed by atoms with van der Waals surface area (Å²) < 4.78 is 39.6. The Hall–Kier alpha value is -2.01. The Bertz CT molecular complexity index is 691. The summed E-state index contributed by atoms with van der Waals surface area (Å²) in [5.41, 5.74) is 0.154. The maximum absolute atomic E-state index is 13.6. The minimum Gasteiger partial charge on any atom is -0.345 e. The van der Waals surface area contributed by atoms with Crippen molar-refractivity contribution < 1.29 is 18.0 Å². The Balaban J connectivity index is 2.18. The lowest BCUT2D eigenvalue weighted by Crippen LogP contribution is -2.27. The van der Waals surface area contributed by atoms with Crippen LogP contribution in [0.4, 0.5) is 13.2 Å². The Morgan fingerprint density at radius 3 is 2.38 bits per heavy atom. The van der Waals surface area contributed by atoms with E-state index >= 15 is 0 Å². The van der Waals surface area contributed by atoms with Gasteiger partial charge in [0, 0.05) is 5.02 Å². The fraction of sp³-hybridized carbons (Fsp3) is 0.133. The number of hydrogen-bond acceptors (Lipinski definition) is 1. The first-order chi connectivity index (χ1) is 9.88. The summed E-state index contributed by atoms with van der Waals surface area (Å²) in [5.74, 6) is -3.39. The van der Waals surface area contributed by atoms with Crippen LogP contribution in [0.2, 0.25) is 5.02 Å². The maximum atomic E-state index is 13.6. The van der Waals surface area contributed by atoms with E-state index in [0.29, 0.717) is 5.56 Å². The van der Waals surface area contributed by atoms with Crippen molar-refractivity contribution in [2.45, 2.75) is 13.0 Å². The zero-order chi connectivity index (χ0) is 15.6. The SMILES string of the molecule is C[C@H](NC(=O)c1cc(Cl)ccc1F)c1ccc(F)c(F)c1. The topological polar surface area (TPSA) is 29.1 Å². The highest BCUT2D eigenvalue weighted by atomic mass is 35.5. The van der Waals surface area contributed by atoms with E-state index < -0.39 is 29.4 Å². The van der Waals surface area contributed by atoms with Crippen LogP contribution in [0.5, 0.6) is 0 Å². The molecule has 1 N–H and O–H groups in total. The molecule has 21 heavy (non-hydrogen) atoms. The number of hydrogen-bond donors (Lipinski definition) is 1. The van der Waals surface area contributed by atoms with Crippen LogP contribution in [-0.4, -0.2) is 5.91 Å². The highest BCUT2D eigenvalue weighted by Gasteiger charge is 2.16. The van der Waals surface area contributed by atoms with Gasteiger partial charge in [-0.2, -0.15) is 0 Å². The van der Waals surface area contributed by atoms with Crippen LogP contribution in [0.25, 0.3) is 0 Å². The first kappa shape index (κ1) is 15.4. The molecule has 2 rings (SSSR count). The second-order valence-corrected chi connectivity index (χ2v) is 4.93. The molecule has 0 aromatic heterocycles. The Labute approximate surface area is 124 Å². The standard InChI is InChI=1S/C15H11ClF3NO/c1-8(9-2-4-13(18)14(19)6-9)20-15(21)11-7-10(16)3-5-12(11)17/h2-8H,1H3,(H,20,21)/t8-/m0/s1. The molecule has 0 spiro atoms. The van der Waals surface area contributed by atoms with E-state index in [4.69, 9.17) is 11.6 Å². The Morgan fingerprint density at radius 2 is 1.71 bits per heavy atom. The van der Waals surface area contributed by atoms with E-state index in [2.05, 4.69) is 5.32 Å². The number of amides is 1. The third kappa shape index (κ3) is 3.55. The molecular formula is C15H11ClF3NO. The van der Waals surface area contributed by atoms with Crippen molar-refractivity contribution in [3.8, 4) is 0 Å². The molecule has 6 heteroatoms. The molecule has 0 fully saturated rings. The molecule has 0 saturated carbocycles. The van der Waals surface area contributed by atoms with Gasteiger partial charge in [-0.1, -0.05) is 17.7 Å². The van der Waals surface area contributed by atoms with E-state index in [9.17, 15) is 18.0 Å². The van der Waals surface area contributed by atoms with Crippen LogP contribution in [0.15, 0.2) is 36.4 Å². The van der Waals surface area contributed by atoms with Gasteiger partial charge in [-0.15, -0.1) is 0 Å². The van der Waals surface area contributed by atoms with Crippen molar-refractivity contribution in [1.29, 1.82) is 0 Å². The molecule has 2 aromatic carbocycles. The Morgan fingerprint density at radius 1 is 1.05 bits per heavy atom. The van der Waals surface area contributed by atoms with Gasteiger partial charge < -0.3 is 5.32 Å². The largest absolute Gasteiger partial charge is 0.345 e. The van der Waals surface area contributed by atoms with Crippen LogP contribution in [-0.2, 0) is 0 Å². The van der Waals surface area contributed by atoms with E-state index in [0.717, 1.165) is 18.2 Å². The van der Waals surface area contributed by atoms with E-state index in [-0.39, 0.29) is 10.6 Å². The summed E-state index contributed by atoms with van der Waals surface area (Å²) in [5, 5.41) is 2.72. The van der Waals surface area contributed by atoms with E-state index in [1.807, 2.05) is 0 Å². The summed E-state index contributed by atoms with van der Waals surface area (Å²) in [4.78, 5) is 12.0.